The average Bonchev–Trinajstić information content (AvgIpc) is 2.47. The van der Waals surface area contributed by atoms with E-state index in [0.29, 0.717) is 12.8 Å². The van der Waals surface area contributed by atoms with E-state index in [-0.39, 0.29) is 24.9 Å². The molecule has 0 aliphatic heterocycles. The second kappa shape index (κ2) is 7.88. The summed E-state index contributed by atoms with van der Waals surface area (Å²) in [5, 5.41) is 5.85. The molecule has 1 saturated carbocycles. The number of hydrogen-bond acceptors (Lipinski definition) is 3. The first-order valence-corrected chi connectivity index (χ1v) is 7.02. The summed E-state index contributed by atoms with van der Waals surface area (Å²) in [6.45, 7) is 0.138. The van der Waals surface area contributed by atoms with Gasteiger partial charge < -0.3 is 16.4 Å². The van der Waals surface area contributed by atoms with E-state index in [9.17, 15) is 9.59 Å². The lowest BCUT2D eigenvalue weighted by Gasteiger charge is -2.35. The van der Waals surface area contributed by atoms with Crippen LogP contribution in [0, 0.1) is 0 Å². The summed E-state index contributed by atoms with van der Waals surface area (Å²) < 4.78 is 0. The van der Waals surface area contributed by atoms with E-state index < -0.39 is 11.4 Å². The lowest BCUT2D eigenvalue weighted by atomic mass is 9.81. The van der Waals surface area contributed by atoms with E-state index >= 15 is 0 Å². The number of primary amides is 1. The van der Waals surface area contributed by atoms with Gasteiger partial charge in [-0.05, 0) is 25.0 Å². The first kappa shape index (κ1) is 17.3. The van der Waals surface area contributed by atoms with Crippen molar-refractivity contribution in [2.45, 2.75) is 37.6 Å². The van der Waals surface area contributed by atoms with Crippen LogP contribution in [-0.4, -0.2) is 23.9 Å². The van der Waals surface area contributed by atoms with Crippen molar-refractivity contribution in [1.29, 1.82) is 0 Å². The van der Waals surface area contributed by atoms with Crippen molar-refractivity contribution in [3.05, 3.63) is 30.3 Å². The molecule has 2 amide bonds. The highest BCUT2D eigenvalue weighted by atomic mass is 35.5. The van der Waals surface area contributed by atoms with Crippen LogP contribution >= 0.6 is 12.4 Å². The van der Waals surface area contributed by atoms with Crippen molar-refractivity contribution in [2.24, 2.45) is 5.73 Å². The minimum Gasteiger partial charge on any atom is -0.376 e. The molecule has 21 heavy (non-hydrogen) atoms. The SMILES string of the molecule is Cl.NC(=O)C1(NC(=O)CNc2ccccc2)CCCCC1. The van der Waals surface area contributed by atoms with E-state index in [2.05, 4.69) is 10.6 Å². The van der Waals surface area contributed by atoms with Gasteiger partial charge in [-0.1, -0.05) is 37.5 Å². The van der Waals surface area contributed by atoms with E-state index in [4.69, 9.17) is 5.73 Å². The maximum absolute atomic E-state index is 12.0. The molecule has 0 spiro atoms. The number of para-hydroxylation sites is 1. The Kier molecular flexibility index (Phi) is 6.49. The molecule has 1 aromatic rings. The molecule has 1 aromatic carbocycles. The van der Waals surface area contributed by atoms with Crippen LogP contribution in [0.3, 0.4) is 0 Å². The second-order valence-electron chi connectivity index (χ2n) is 5.27. The average molecular weight is 312 g/mol. The summed E-state index contributed by atoms with van der Waals surface area (Å²) in [6, 6.07) is 9.48. The van der Waals surface area contributed by atoms with Crippen LogP contribution in [0.4, 0.5) is 5.69 Å². The predicted octanol–water partition coefficient (Wildman–Crippen LogP) is 1.82. The van der Waals surface area contributed by atoms with Crippen LogP contribution in [-0.2, 0) is 9.59 Å². The molecule has 0 saturated heterocycles. The van der Waals surface area contributed by atoms with E-state index in [1.807, 2.05) is 30.3 Å². The van der Waals surface area contributed by atoms with E-state index in [1.54, 1.807) is 0 Å². The molecule has 2 rings (SSSR count). The van der Waals surface area contributed by atoms with Crippen LogP contribution in [0.25, 0.3) is 0 Å². The fourth-order valence-corrected chi connectivity index (χ4v) is 2.64. The molecule has 116 valence electrons. The Bertz CT molecular complexity index is 473. The van der Waals surface area contributed by atoms with Gasteiger partial charge in [0, 0.05) is 5.69 Å². The third kappa shape index (κ3) is 4.63. The zero-order valence-electron chi connectivity index (χ0n) is 11.9. The third-order valence-corrected chi connectivity index (χ3v) is 3.78. The summed E-state index contributed by atoms with van der Waals surface area (Å²) in [4.78, 5) is 23.7. The number of benzene rings is 1. The molecule has 0 radical (unpaired) electrons. The van der Waals surface area contributed by atoms with Gasteiger partial charge in [0.15, 0.2) is 0 Å². The molecule has 4 N–H and O–H groups in total. The number of hydrogen-bond donors (Lipinski definition) is 3. The van der Waals surface area contributed by atoms with Gasteiger partial charge in [0.25, 0.3) is 0 Å². The lowest BCUT2D eigenvalue weighted by Crippen LogP contribution is -2.59. The molecule has 0 aromatic heterocycles. The Morgan fingerprint density at radius 2 is 1.71 bits per heavy atom. The standard InChI is InChI=1S/C15H21N3O2.ClH/c16-14(20)15(9-5-2-6-10-15)18-13(19)11-17-12-7-3-1-4-8-12;/h1,3-4,7-8,17H,2,5-6,9-11H2,(H2,16,20)(H,18,19);1H. The first-order chi connectivity index (χ1) is 9.62. The van der Waals surface area contributed by atoms with Gasteiger partial charge in [0.05, 0.1) is 6.54 Å². The number of carbonyl (C=O) groups excluding carboxylic acids is 2. The highest BCUT2D eigenvalue weighted by Gasteiger charge is 2.38. The number of amides is 2. The monoisotopic (exact) mass is 311 g/mol. The molecule has 1 fully saturated rings. The summed E-state index contributed by atoms with van der Waals surface area (Å²) in [7, 11) is 0. The zero-order valence-corrected chi connectivity index (χ0v) is 12.7. The highest BCUT2D eigenvalue weighted by molar-refractivity contribution is 5.91. The van der Waals surface area contributed by atoms with Crippen molar-refractivity contribution in [3.8, 4) is 0 Å². The van der Waals surface area contributed by atoms with E-state index in [1.165, 1.54) is 0 Å². The Labute approximate surface area is 131 Å². The highest BCUT2D eigenvalue weighted by Crippen LogP contribution is 2.27. The third-order valence-electron chi connectivity index (χ3n) is 3.78. The fraction of sp³-hybridized carbons (Fsp3) is 0.467. The Balaban J connectivity index is 0.00000220. The zero-order chi connectivity index (χ0) is 14.4. The van der Waals surface area contributed by atoms with Crippen LogP contribution in [0.15, 0.2) is 30.3 Å². The van der Waals surface area contributed by atoms with Gasteiger partial charge in [-0.3, -0.25) is 9.59 Å². The molecule has 0 unspecified atom stereocenters. The van der Waals surface area contributed by atoms with Crippen LogP contribution in [0.1, 0.15) is 32.1 Å². The Hall–Kier alpha value is -1.75. The van der Waals surface area contributed by atoms with Gasteiger partial charge >= 0.3 is 0 Å². The minimum atomic E-state index is -0.853. The number of rotatable bonds is 5. The summed E-state index contributed by atoms with van der Waals surface area (Å²) in [5.41, 5.74) is 5.50. The van der Waals surface area contributed by atoms with E-state index in [0.717, 1.165) is 24.9 Å². The Morgan fingerprint density at radius 3 is 2.29 bits per heavy atom. The second-order valence-corrected chi connectivity index (χ2v) is 5.27. The largest absolute Gasteiger partial charge is 0.376 e. The molecular formula is C15H22ClN3O2. The summed E-state index contributed by atoms with van der Waals surface area (Å²) >= 11 is 0. The van der Waals surface area contributed by atoms with Gasteiger partial charge in [0.2, 0.25) is 11.8 Å². The summed E-state index contributed by atoms with van der Waals surface area (Å²) in [6.07, 6.45) is 4.22. The van der Waals surface area contributed by atoms with Crippen molar-refractivity contribution in [2.75, 3.05) is 11.9 Å². The fourth-order valence-electron chi connectivity index (χ4n) is 2.64. The lowest BCUT2D eigenvalue weighted by molar-refractivity contribution is -0.132. The van der Waals surface area contributed by atoms with Gasteiger partial charge in [-0.2, -0.15) is 0 Å². The topological polar surface area (TPSA) is 84.2 Å². The number of halogens is 1. The normalized spacial score (nSPS) is 16.4. The number of nitrogens with one attached hydrogen (secondary N) is 2. The Morgan fingerprint density at radius 1 is 1.10 bits per heavy atom. The van der Waals surface area contributed by atoms with Crippen molar-refractivity contribution >= 4 is 29.9 Å². The molecule has 0 heterocycles. The van der Waals surface area contributed by atoms with Crippen LogP contribution < -0.4 is 16.4 Å². The predicted molar refractivity (Wildman–Crippen MR) is 85.3 cm³/mol. The van der Waals surface area contributed by atoms with Gasteiger partial charge in [0.1, 0.15) is 5.54 Å². The van der Waals surface area contributed by atoms with Crippen LogP contribution in [0.2, 0.25) is 0 Å². The maximum Gasteiger partial charge on any atom is 0.243 e. The molecule has 0 bridgehead atoms. The molecule has 0 atom stereocenters. The molecule has 1 aliphatic carbocycles. The van der Waals surface area contributed by atoms with Crippen molar-refractivity contribution in [3.63, 3.8) is 0 Å². The van der Waals surface area contributed by atoms with Crippen LogP contribution in [0.5, 0.6) is 0 Å². The molecule has 6 heteroatoms. The van der Waals surface area contributed by atoms with Crippen molar-refractivity contribution < 1.29 is 9.59 Å². The number of nitrogens with two attached hydrogens (primary N) is 1. The molecular weight excluding hydrogens is 290 g/mol. The number of anilines is 1. The maximum atomic E-state index is 12.0. The van der Waals surface area contributed by atoms with Crippen molar-refractivity contribution in [1.82, 2.24) is 5.32 Å². The first-order valence-electron chi connectivity index (χ1n) is 7.02. The van der Waals surface area contributed by atoms with Gasteiger partial charge in [-0.25, -0.2) is 0 Å². The number of carbonyl (C=O) groups is 2. The summed E-state index contributed by atoms with van der Waals surface area (Å²) in [5.74, 6) is -0.625. The molecule has 5 nitrogen and oxygen atoms in total. The minimum absolute atomic E-state index is 0. The molecule has 1 aliphatic rings. The smallest absolute Gasteiger partial charge is 0.243 e. The van der Waals surface area contributed by atoms with Gasteiger partial charge in [-0.15, -0.1) is 12.4 Å². The quantitative estimate of drug-likeness (QED) is 0.775.